The molecule has 0 aromatic carbocycles. The summed E-state index contributed by atoms with van der Waals surface area (Å²) in [5.74, 6) is 0.648. The molecule has 0 amide bonds. The molecule has 6 nitrogen and oxygen atoms in total. The van der Waals surface area contributed by atoms with Gasteiger partial charge in [-0.15, -0.1) is 0 Å². The first-order valence-electron chi connectivity index (χ1n) is 13.4. The molecule has 0 aromatic heterocycles. The van der Waals surface area contributed by atoms with E-state index in [1.165, 1.54) is 6.42 Å². The second-order valence-corrected chi connectivity index (χ2v) is 9.45. The summed E-state index contributed by atoms with van der Waals surface area (Å²) in [5, 5.41) is 0. The molecule has 0 saturated carbocycles. The summed E-state index contributed by atoms with van der Waals surface area (Å²) in [6.45, 7) is 9.95. The summed E-state index contributed by atoms with van der Waals surface area (Å²) in [6, 6.07) is 0. The third-order valence-corrected chi connectivity index (χ3v) is 5.76. The standard InChI is InChI=1S/C27H50O6/c1-5-7-16-24(6-2)22-33-27(30)19-12-14-21-32-25(28)17-9-8-13-20-31-26(29)18-11-10-15-23(3)4/h23-24H,5-22H2,1-4H3. The van der Waals surface area contributed by atoms with Gasteiger partial charge in [-0.1, -0.05) is 59.8 Å². The lowest BCUT2D eigenvalue weighted by molar-refractivity contribution is -0.146. The van der Waals surface area contributed by atoms with E-state index in [1.54, 1.807) is 0 Å². The number of hydrogen-bond acceptors (Lipinski definition) is 6. The predicted octanol–water partition coefficient (Wildman–Crippen LogP) is 6.78. The van der Waals surface area contributed by atoms with Crippen molar-refractivity contribution in [3.05, 3.63) is 0 Å². The van der Waals surface area contributed by atoms with Gasteiger partial charge in [-0.05, 0) is 56.8 Å². The van der Waals surface area contributed by atoms with Gasteiger partial charge >= 0.3 is 17.9 Å². The average Bonchev–Trinajstić information content (AvgIpc) is 2.78. The Balaban J connectivity index is 3.52. The molecule has 0 heterocycles. The Labute approximate surface area is 202 Å². The lowest BCUT2D eigenvalue weighted by Crippen LogP contribution is -2.14. The number of esters is 3. The maximum absolute atomic E-state index is 11.8. The average molecular weight is 471 g/mol. The first-order valence-corrected chi connectivity index (χ1v) is 13.4. The van der Waals surface area contributed by atoms with E-state index in [0.29, 0.717) is 63.8 Å². The molecule has 0 radical (unpaired) electrons. The van der Waals surface area contributed by atoms with Gasteiger partial charge in [-0.3, -0.25) is 14.4 Å². The molecule has 0 aliphatic rings. The summed E-state index contributed by atoms with van der Waals surface area (Å²) in [5.41, 5.74) is 0. The Hall–Kier alpha value is -1.59. The highest BCUT2D eigenvalue weighted by Gasteiger charge is 2.10. The Morgan fingerprint density at radius 1 is 0.606 bits per heavy atom. The highest BCUT2D eigenvalue weighted by atomic mass is 16.5. The van der Waals surface area contributed by atoms with Crippen molar-refractivity contribution >= 4 is 17.9 Å². The molecular weight excluding hydrogens is 420 g/mol. The van der Waals surface area contributed by atoms with Crippen LogP contribution in [0.1, 0.15) is 124 Å². The summed E-state index contributed by atoms with van der Waals surface area (Å²) >= 11 is 0. The SMILES string of the molecule is CCCCC(CC)COC(=O)CCCCOC(=O)CCCCCOC(=O)CCCCC(C)C. The highest BCUT2D eigenvalue weighted by molar-refractivity contribution is 5.70. The monoisotopic (exact) mass is 470 g/mol. The molecule has 194 valence electrons. The van der Waals surface area contributed by atoms with Crippen molar-refractivity contribution in [2.45, 2.75) is 124 Å². The molecule has 0 N–H and O–H groups in total. The van der Waals surface area contributed by atoms with Crippen molar-refractivity contribution in [1.29, 1.82) is 0 Å². The van der Waals surface area contributed by atoms with Gasteiger partial charge in [-0.2, -0.15) is 0 Å². The maximum Gasteiger partial charge on any atom is 0.305 e. The van der Waals surface area contributed by atoms with Crippen LogP contribution in [0.5, 0.6) is 0 Å². The number of ether oxygens (including phenoxy) is 3. The quantitative estimate of drug-likeness (QED) is 0.0985. The molecule has 0 saturated heterocycles. The fraction of sp³-hybridized carbons (Fsp3) is 0.889. The molecule has 1 unspecified atom stereocenters. The van der Waals surface area contributed by atoms with E-state index in [1.807, 2.05) is 0 Å². The van der Waals surface area contributed by atoms with Gasteiger partial charge in [0.2, 0.25) is 0 Å². The summed E-state index contributed by atoms with van der Waals surface area (Å²) in [7, 11) is 0. The molecule has 0 spiro atoms. The lowest BCUT2D eigenvalue weighted by atomic mass is 10.0. The van der Waals surface area contributed by atoms with Crippen molar-refractivity contribution in [2.24, 2.45) is 11.8 Å². The van der Waals surface area contributed by atoms with Gasteiger partial charge in [-0.25, -0.2) is 0 Å². The van der Waals surface area contributed by atoms with E-state index in [9.17, 15) is 14.4 Å². The summed E-state index contributed by atoms with van der Waals surface area (Å²) < 4.78 is 15.8. The Morgan fingerprint density at radius 3 is 1.67 bits per heavy atom. The number of carbonyl (C=O) groups excluding carboxylic acids is 3. The van der Waals surface area contributed by atoms with Gasteiger partial charge in [0.25, 0.3) is 0 Å². The van der Waals surface area contributed by atoms with Crippen LogP contribution in [0.3, 0.4) is 0 Å². The van der Waals surface area contributed by atoms with Crippen LogP contribution in [0, 0.1) is 11.8 Å². The lowest BCUT2D eigenvalue weighted by Gasteiger charge is -2.14. The second kappa shape index (κ2) is 22.2. The zero-order valence-electron chi connectivity index (χ0n) is 21.8. The first kappa shape index (κ1) is 31.4. The van der Waals surface area contributed by atoms with Gasteiger partial charge in [0, 0.05) is 19.3 Å². The van der Waals surface area contributed by atoms with Crippen LogP contribution in [-0.4, -0.2) is 37.7 Å². The van der Waals surface area contributed by atoms with Crippen LogP contribution in [0.15, 0.2) is 0 Å². The van der Waals surface area contributed by atoms with Crippen LogP contribution in [-0.2, 0) is 28.6 Å². The van der Waals surface area contributed by atoms with Gasteiger partial charge in [0.05, 0.1) is 19.8 Å². The van der Waals surface area contributed by atoms with Crippen LogP contribution >= 0.6 is 0 Å². The molecular formula is C27H50O6. The number of unbranched alkanes of at least 4 members (excludes halogenated alkanes) is 5. The smallest absolute Gasteiger partial charge is 0.305 e. The maximum atomic E-state index is 11.8. The number of carbonyl (C=O) groups is 3. The number of rotatable bonds is 22. The zero-order chi connectivity index (χ0) is 24.7. The van der Waals surface area contributed by atoms with E-state index in [0.717, 1.165) is 57.8 Å². The van der Waals surface area contributed by atoms with Crippen LogP contribution in [0.25, 0.3) is 0 Å². The van der Waals surface area contributed by atoms with Crippen molar-refractivity contribution in [3.63, 3.8) is 0 Å². The highest BCUT2D eigenvalue weighted by Crippen LogP contribution is 2.13. The zero-order valence-corrected chi connectivity index (χ0v) is 21.8. The van der Waals surface area contributed by atoms with Gasteiger partial charge in [0.1, 0.15) is 0 Å². The molecule has 0 aliphatic heterocycles. The first-order chi connectivity index (χ1) is 15.9. The molecule has 0 aliphatic carbocycles. The van der Waals surface area contributed by atoms with Crippen molar-refractivity contribution in [2.75, 3.05) is 19.8 Å². The molecule has 6 heteroatoms. The largest absolute Gasteiger partial charge is 0.466 e. The minimum Gasteiger partial charge on any atom is -0.466 e. The van der Waals surface area contributed by atoms with Crippen molar-refractivity contribution in [1.82, 2.24) is 0 Å². The van der Waals surface area contributed by atoms with Crippen LogP contribution < -0.4 is 0 Å². The predicted molar refractivity (Wildman–Crippen MR) is 132 cm³/mol. The number of hydrogen-bond donors (Lipinski definition) is 0. The molecule has 0 fully saturated rings. The summed E-state index contributed by atoms with van der Waals surface area (Å²) in [6.07, 6.45) is 12.5. The molecule has 0 aromatic rings. The fourth-order valence-corrected chi connectivity index (χ4v) is 3.44. The van der Waals surface area contributed by atoms with Crippen molar-refractivity contribution in [3.8, 4) is 0 Å². The minimum atomic E-state index is -0.207. The van der Waals surface area contributed by atoms with Crippen molar-refractivity contribution < 1.29 is 28.6 Å². The molecule has 0 bridgehead atoms. The van der Waals surface area contributed by atoms with Gasteiger partial charge < -0.3 is 14.2 Å². The Bertz CT molecular complexity index is 503. The summed E-state index contributed by atoms with van der Waals surface area (Å²) in [4.78, 5) is 35.2. The Kier molecular flexibility index (Phi) is 21.1. The van der Waals surface area contributed by atoms with Gasteiger partial charge in [0.15, 0.2) is 0 Å². The van der Waals surface area contributed by atoms with E-state index in [-0.39, 0.29) is 17.9 Å². The normalized spacial score (nSPS) is 11.9. The molecule has 1 atom stereocenters. The van der Waals surface area contributed by atoms with E-state index < -0.39 is 0 Å². The Morgan fingerprint density at radius 2 is 1.12 bits per heavy atom. The van der Waals surface area contributed by atoms with Crippen LogP contribution in [0.4, 0.5) is 0 Å². The van der Waals surface area contributed by atoms with E-state index >= 15 is 0 Å². The van der Waals surface area contributed by atoms with E-state index in [4.69, 9.17) is 14.2 Å². The third kappa shape index (κ3) is 22.0. The minimum absolute atomic E-state index is 0.122. The fourth-order valence-electron chi connectivity index (χ4n) is 3.44. The van der Waals surface area contributed by atoms with Crippen LogP contribution in [0.2, 0.25) is 0 Å². The molecule has 0 rings (SSSR count). The molecule has 33 heavy (non-hydrogen) atoms. The third-order valence-electron chi connectivity index (χ3n) is 5.76. The van der Waals surface area contributed by atoms with E-state index in [2.05, 4.69) is 27.7 Å². The topological polar surface area (TPSA) is 78.9 Å². The second-order valence-electron chi connectivity index (χ2n) is 9.45.